The van der Waals surface area contributed by atoms with E-state index in [2.05, 4.69) is 20.8 Å². The minimum absolute atomic E-state index is 0.147. The average molecular weight is 258 g/mol. The summed E-state index contributed by atoms with van der Waals surface area (Å²) >= 11 is 5.73. The van der Waals surface area contributed by atoms with E-state index in [1.165, 1.54) is 0 Å². The summed E-state index contributed by atoms with van der Waals surface area (Å²) in [7, 11) is 0. The molecule has 96 valence electrons. The first kappa shape index (κ1) is 14.5. The van der Waals surface area contributed by atoms with Crippen molar-refractivity contribution in [3.8, 4) is 0 Å². The summed E-state index contributed by atoms with van der Waals surface area (Å²) in [5.74, 6) is -0.377. The first-order valence-corrected chi connectivity index (χ1v) is 6.38. The fraction of sp³-hybridized carbons (Fsp3) is 0.571. The molecule has 17 heavy (non-hydrogen) atoms. The van der Waals surface area contributed by atoms with Gasteiger partial charge >= 0.3 is 0 Å². The number of nitrogens with two attached hydrogens (primary N) is 1. The van der Waals surface area contributed by atoms with E-state index in [1.807, 2.05) is 0 Å². The molecule has 3 heteroatoms. The Kier molecular flexibility index (Phi) is 4.96. The largest absolute Gasteiger partial charge is 0.324 e. The molecule has 1 aromatic rings. The maximum Gasteiger partial charge on any atom is 0.146 e. The Balaban J connectivity index is 2.58. The zero-order chi connectivity index (χ0) is 13.1. The van der Waals surface area contributed by atoms with Gasteiger partial charge in [0.25, 0.3) is 0 Å². The molecule has 0 aromatic heterocycles. The van der Waals surface area contributed by atoms with Crippen molar-refractivity contribution in [2.45, 2.75) is 46.1 Å². The molecule has 0 saturated heterocycles. The van der Waals surface area contributed by atoms with Crippen LogP contribution < -0.4 is 5.73 Å². The summed E-state index contributed by atoms with van der Waals surface area (Å²) in [4.78, 5) is 0. The standard InChI is InChI=1S/C14H21ClFN/c1-14(2,3)9-5-8-12(17)10-6-4-7-11(15)13(10)16/h4,6-7,12H,5,8-9,17H2,1-3H3. The minimum Gasteiger partial charge on any atom is -0.324 e. The van der Waals surface area contributed by atoms with E-state index in [-0.39, 0.29) is 16.9 Å². The summed E-state index contributed by atoms with van der Waals surface area (Å²) in [6, 6.07) is 4.73. The quantitative estimate of drug-likeness (QED) is 0.832. The van der Waals surface area contributed by atoms with Gasteiger partial charge in [0.2, 0.25) is 0 Å². The summed E-state index contributed by atoms with van der Waals surface area (Å²) in [5, 5.41) is 0.147. The van der Waals surface area contributed by atoms with Crippen LogP contribution in [0.15, 0.2) is 18.2 Å². The second-order valence-electron chi connectivity index (χ2n) is 5.70. The zero-order valence-corrected chi connectivity index (χ0v) is 11.5. The van der Waals surface area contributed by atoms with E-state index in [4.69, 9.17) is 17.3 Å². The molecule has 0 fully saturated rings. The highest BCUT2D eigenvalue weighted by atomic mass is 35.5. The second kappa shape index (κ2) is 5.83. The Morgan fingerprint density at radius 1 is 1.35 bits per heavy atom. The lowest BCUT2D eigenvalue weighted by Gasteiger charge is -2.19. The SMILES string of the molecule is CC(C)(C)CCCC(N)c1cccc(Cl)c1F. The minimum atomic E-state index is -0.377. The van der Waals surface area contributed by atoms with Crippen LogP contribution in [0.5, 0.6) is 0 Å². The maximum atomic E-state index is 13.7. The molecule has 1 nitrogen and oxygen atoms in total. The Bertz CT molecular complexity index is 371. The van der Waals surface area contributed by atoms with E-state index < -0.39 is 0 Å². The molecule has 1 aromatic carbocycles. The summed E-state index contributed by atoms with van der Waals surface area (Å²) in [6.45, 7) is 6.58. The van der Waals surface area contributed by atoms with Crippen LogP contribution in [0.25, 0.3) is 0 Å². The van der Waals surface area contributed by atoms with Crippen molar-refractivity contribution >= 4 is 11.6 Å². The number of rotatable bonds is 4. The van der Waals surface area contributed by atoms with Crippen molar-refractivity contribution in [1.29, 1.82) is 0 Å². The van der Waals surface area contributed by atoms with Gasteiger partial charge in [-0.3, -0.25) is 0 Å². The third-order valence-corrected chi connectivity index (χ3v) is 3.11. The van der Waals surface area contributed by atoms with Crippen molar-refractivity contribution in [2.75, 3.05) is 0 Å². The number of hydrogen-bond acceptors (Lipinski definition) is 1. The van der Waals surface area contributed by atoms with E-state index in [1.54, 1.807) is 18.2 Å². The average Bonchev–Trinajstić information content (AvgIpc) is 2.20. The van der Waals surface area contributed by atoms with Gasteiger partial charge in [0.1, 0.15) is 5.82 Å². The third-order valence-electron chi connectivity index (χ3n) is 2.82. The highest BCUT2D eigenvalue weighted by molar-refractivity contribution is 6.30. The molecule has 0 spiro atoms. The molecule has 0 aliphatic carbocycles. The smallest absolute Gasteiger partial charge is 0.146 e. The van der Waals surface area contributed by atoms with E-state index >= 15 is 0 Å². The molecule has 1 rings (SSSR count). The van der Waals surface area contributed by atoms with Crippen LogP contribution in [0.3, 0.4) is 0 Å². The van der Waals surface area contributed by atoms with Crippen molar-refractivity contribution in [3.63, 3.8) is 0 Å². The van der Waals surface area contributed by atoms with Gasteiger partial charge in [-0.2, -0.15) is 0 Å². The van der Waals surface area contributed by atoms with Crippen LogP contribution in [0.2, 0.25) is 5.02 Å². The van der Waals surface area contributed by atoms with Crippen molar-refractivity contribution in [2.24, 2.45) is 11.1 Å². The molecular formula is C14H21ClFN. The lowest BCUT2D eigenvalue weighted by atomic mass is 9.88. The Labute approximate surface area is 108 Å². The first-order chi connectivity index (χ1) is 7.81. The van der Waals surface area contributed by atoms with Crippen LogP contribution in [-0.4, -0.2) is 0 Å². The number of benzene rings is 1. The molecule has 0 aliphatic heterocycles. The van der Waals surface area contributed by atoms with Crippen LogP contribution in [0.1, 0.15) is 51.6 Å². The lowest BCUT2D eigenvalue weighted by molar-refractivity contribution is 0.352. The Morgan fingerprint density at radius 2 is 2.00 bits per heavy atom. The van der Waals surface area contributed by atoms with Crippen LogP contribution in [-0.2, 0) is 0 Å². The Hall–Kier alpha value is -0.600. The van der Waals surface area contributed by atoms with Crippen molar-refractivity contribution in [3.05, 3.63) is 34.6 Å². The molecule has 1 unspecified atom stereocenters. The van der Waals surface area contributed by atoms with Gasteiger partial charge in [0.05, 0.1) is 5.02 Å². The maximum absolute atomic E-state index is 13.7. The fourth-order valence-corrected chi connectivity index (χ4v) is 2.00. The Morgan fingerprint density at radius 3 is 2.59 bits per heavy atom. The molecule has 0 amide bonds. The predicted molar refractivity (Wildman–Crippen MR) is 71.6 cm³/mol. The molecule has 0 heterocycles. The molecule has 2 N–H and O–H groups in total. The topological polar surface area (TPSA) is 26.0 Å². The highest BCUT2D eigenvalue weighted by Gasteiger charge is 2.15. The highest BCUT2D eigenvalue weighted by Crippen LogP contribution is 2.28. The van der Waals surface area contributed by atoms with E-state index in [0.717, 1.165) is 19.3 Å². The fourth-order valence-electron chi connectivity index (χ4n) is 1.81. The summed E-state index contributed by atoms with van der Waals surface area (Å²) in [6.07, 6.45) is 2.87. The van der Waals surface area contributed by atoms with Crippen LogP contribution in [0, 0.1) is 11.2 Å². The van der Waals surface area contributed by atoms with Gasteiger partial charge < -0.3 is 5.73 Å². The molecule has 0 bridgehead atoms. The van der Waals surface area contributed by atoms with Gasteiger partial charge in [-0.15, -0.1) is 0 Å². The van der Waals surface area contributed by atoms with Crippen LogP contribution in [0.4, 0.5) is 4.39 Å². The normalized spacial score (nSPS) is 13.8. The summed E-state index contributed by atoms with van der Waals surface area (Å²) in [5.41, 5.74) is 6.81. The monoisotopic (exact) mass is 257 g/mol. The number of halogens is 2. The number of hydrogen-bond donors (Lipinski definition) is 1. The molecule has 0 saturated carbocycles. The molecule has 1 atom stereocenters. The molecule has 0 radical (unpaired) electrons. The first-order valence-electron chi connectivity index (χ1n) is 6.01. The second-order valence-corrected chi connectivity index (χ2v) is 6.11. The summed E-state index contributed by atoms with van der Waals surface area (Å²) < 4.78 is 13.7. The van der Waals surface area contributed by atoms with Gasteiger partial charge in [-0.05, 0) is 24.3 Å². The zero-order valence-electron chi connectivity index (χ0n) is 10.8. The van der Waals surface area contributed by atoms with Gasteiger partial charge in [0.15, 0.2) is 0 Å². The van der Waals surface area contributed by atoms with Gasteiger partial charge in [0, 0.05) is 11.6 Å². The van der Waals surface area contributed by atoms with Crippen molar-refractivity contribution < 1.29 is 4.39 Å². The lowest BCUT2D eigenvalue weighted by Crippen LogP contribution is -2.14. The third kappa shape index (κ3) is 4.64. The van der Waals surface area contributed by atoms with Gasteiger partial charge in [-0.1, -0.05) is 50.9 Å². The molecule has 0 aliphatic rings. The van der Waals surface area contributed by atoms with Crippen molar-refractivity contribution in [1.82, 2.24) is 0 Å². The molecular weight excluding hydrogens is 237 g/mol. The van der Waals surface area contributed by atoms with Crippen LogP contribution >= 0.6 is 11.6 Å². The van der Waals surface area contributed by atoms with E-state index in [0.29, 0.717) is 11.0 Å². The van der Waals surface area contributed by atoms with E-state index in [9.17, 15) is 4.39 Å². The predicted octanol–water partition coefficient (Wildman–Crippen LogP) is 4.70. The van der Waals surface area contributed by atoms with Gasteiger partial charge in [-0.25, -0.2) is 4.39 Å².